The number of hydrogen-bond acceptors (Lipinski definition) is 5. The van der Waals surface area contributed by atoms with E-state index in [9.17, 15) is 14.0 Å². The van der Waals surface area contributed by atoms with Gasteiger partial charge in [-0.05, 0) is 24.1 Å². The van der Waals surface area contributed by atoms with Gasteiger partial charge in [0.1, 0.15) is 5.82 Å². The highest BCUT2D eigenvalue weighted by atomic mass is 19.1. The first-order chi connectivity index (χ1) is 12.5. The molecule has 0 aliphatic rings. The van der Waals surface area contributed by atoms with Crippen molar-refractivity contribution in [2.75, 3.05) is 5.43 Å². The van der Waals surface area contributed by atoms with Crippen LogP contribution in [0.2, 0.25) is 0 Å². The van der Waals surface area contributed by atoms with E-state index >= 15 is 0 Å². The summed E-state index contributed by atoms with van der Waals surface area (Å²) < 4.78 is 15.9. The molecule has 0 bridgehead atoms. The lowest BCUT2D eigenvalue weighted by Gasteiger charge is -2.06. The van der Waals surface area contributed by atoms with Crippen LogP contribution in [0.25, 0.3) is 11.2 Å². The van der Waals surface area contributed by atoms with Gasteiger partial charge in [-0.2, -0.15) is 10.1 Å². The molecule has 0 saturated carbocycles. The summed E-state index contributed by atoms with van der Waals surface area (Å²) in [4.78, 5) is 30.7. The molecule has 0 atom stereocenters. The van der Waals surface area contributed by atoms with Crippen molar-refractivity contribution < 1.29 is 4.39 Å². The second kappa shape index (κ2) is 7.34. The van der Waals surface area contributed by atoms with E-state index in [1.54, 1.807) is 23.7 Å². The first-order valence-corrected chi connectivity index (χ1v) is 8.25. The molecule has 3 aromatic rings. The molecular formula is C17H19FN6O2. The van der Waals surface area contributed by atoms with Crippen molar-refractivity contribution in [3.63, 3.8) is 0 Å². The van der Waals surface area contributed by atoms with Gasteiger partial charge in [0, 0.05) is 13.6 Å². The minimum Gasteiger partial charge on any atom is -0.303 e. The van der Waals surface area contributed by atoms with E-state index in [1.807, 2.05) is 6.92 Å². The second-order valence-corrected chi connectivity index (χ2v) is 5.85. The van der Waals surface area contributed by atoms with Crippen molar-refractivity contribution in [1.82, 2.24) is 19.1 Å². The Morgan fingerprint density at radius 1 is 1.31 bits per heavy atom. The molecule has 0 aliphatic heterocycles. The highest BCUT2D eigenvalue weighted by Crippen LogP contribution is 2.16. The van der Waals surface area contributed by atoms with Gasteiger partial charge in [-0.15, -0.1) is 0 Å². The van der Waals surface area contributed by atoms with Crippen molar-refractivity contribution in [3.8, 4) is 0 Å². The van der Waals surface area contributed by atoms with Crippen molar-refractivity contribution in [1.29, 1.82) is 0 Å². The molecule has 0 amide bonds. The molecule has 2 N–H and O–H groups in total. The van der Waals surface area contributed by atoms with Crippen LogP contribution in [0.5, 0.6) is 0 Å². The zero-order valence-electron chi connectivity index (χ0n) is 14.5. The molecule has 9 heteroatoms. The summed E-state index contributed by atoms with van der Waals surface area (Å²) >= 11 is 0. The predicted octanol–water partition coefficient (Wildman–Crippen LogP) is 1.81. The van der Waals surface area contributed by atoms with Gasteiger partial charge in [-0.1, -0.05) is 25.5 Å². The van der Waals surface area contributed by atoms with Gasteiger partial charge in [0.25, 0.3) is 5.56 Å². The number of aromatic nitrogens is 4. The molecule has 3 rings (SSSR count). The average molecular weight is 358 g/mol. The number of benzene rings is 1. The van der Waals surface area contributed by atoms with Gasteiger partial charge in [0.2, 0.25) is 5.95 Å². The van der Waals surface area contributed by atoms with Gasteiger partial charge < -0.3 is 4.57 Å². The second-order valence-electron chi connectivity index (χ2n) is 5.85. The number of anilines is 1. The van der Waals surface area contributed by atoms with Gasteiger partial charge in [-0.3, -0.25) is 14.3 Å². The lowest BCUT2D eigenvalue weighted by molar-refractivity contribution is 0.628. The topological polar surface area (TPSA) is 97.1 Å². The molecule has 0 aliphatic carbocycles. The number of H-pyrrole nitrogens is 1. The highest BCUT2D eigenvalue weighted by molar-refractivity contribution is 5.80. The number of hydrazone groups is 1. The Hall–Kier alpha value is -3.23. The van der Waals surface area contributed by atoms with Crippen LogP contribution in [0, 0.1) is 5.82 Å². The molecule has 8 nitrogen and oxygen atoms in total. The van der Waals surface area contributed by atoms with Crippen LogP contribution in [0.4, 0.5) is 10.3 Å². The Morgan fingerprint density at radius 3 is 2.73 bits per heavy atom. The molecule has 1 aromatic carbocycles. The summed E-state index contributed by atoms with van der Waals surface area (Å²) in [6.07, 6.45) is 3.29. The largest absolute Gasteiger partial charge is 0.329 e. The number of imidazole rings is 1. The first kappa shape index (κ1) is 17.6. The molecule has 0 spiro atoms. The fourth-order valence-corrected chi connectivity index (χ4v) is 2.57. The van der Waals surface area contributed by atoms with Crippen LogP contribution in [0.15, 0.2) is 39.0 Å². The van der Waals surface area contributed by atoms with E-state index in [1.165, 1.54) is 22.9 Å². The van der Waals surface area contributed by atoms with E-state index in [2.05, 4.69) is 20.5 Å². The number of aromatic amines is 1. The molecule has 136 valence electrons. The number of hydrogen-bond donors (Lipinski definition) is 2. The number of halogens is 1. The maximum Gasteiger partial charge on any atom is 0.329 e. The Labute approximate surface area is 148 Å². The Kier molecular flexibility index (Phi) is 4.97. The third-order valence-corrected chi connectivity index (χ3v) is 3.99. The molecule has 26 heavy (non-hydrogen) atoms. The first-order valence-electron chi connectivity index (χ1n) is 8.25. The predicted molar refractivity (Wildman–Crippen MR) is 98.1 cm³/mol. The van der Waals surface area contributed by atoms with Crippen molar-refractivity contribution in [2.24, 2.45) is 12.1 Å². The van der Waals surface area contributed by atoms with E-state index in [0.717, 1.165) is 12.8 Å². The van der Waals surface area contributed by atoms with Crippen LogP contribution in [-0.2, 0) is 13.6 Å². The van der Waals surface area contributed by atoms with Crippen molar-refractivity contribution >= 4 is 23.3 Å². The average Bonchev–Trinajstić information content (AvgIpc) is 2.99. The summed E-state index contributed by atoms with van der Waals surface area (Å²) in [5.74, 6) is 0.0371. The Morgan fingerprint density at radius 2 is 2.04 bits per heavy atom. The zero-order valence-corrected chi connectivity index (χ0v) is 14.5. The molecule has 0 radical (unpaired) electrons. The lowest BCUT2D eigenvalue weighted by atomic mass is 10.2. The number of nitrogens with zero attached hydrogens (tertiary/aromatic N) is 4. The fourth-order valence-electron chi connectivity index (χ4n) is 2.57. The maximum atomic E-state index is 12.9. The quantitative estimate of drug-likeness (QED) is 0.519. The molecule has 2 aromatic heterocycles. The van der Waals surface area contributed by atoms with Crippen LogP contribution < -0.4 is 16.7 Å². The summed E-state index contributed by atoms with van der Waals surface area (Å²) in [5.41, 5.74) is 3.11. The molecule has 2 heterocycles. The molecule has 0 saturated heterocycles. The molecule has 0 fully saturated rings. The number of rotatable bonds is 6. The minimum absolute atomic E-state index is 0.286. The number of aryl methyl sites for hydroxylation is 2. The van der Waals surface area contributed by atoms with Crippen LogP contribution in [0.1, 0.15) is 25.3 Å². The van der Waals surface area contributed by atoms with Gasteiger partial charge in [-0.25, -0.2) is 14.6 Å². The number of unbranched alkanes of at least 4 members (excludes halogenated alkanes) is 1. The van der Waals surface area contributed by atoms with Gasteiger partial charge >= 0.3 is 5.69 Å². The van der Waals surface area contributed by atoms with Crippen LogP contribution in [-0.4, -0.2) is 25.3 Å². The van der Waals surface area contributed by atoms with Gasteiger partial charge in [0.05, 0.1) is 6.21 Å². The summed E-state index contributed by atoms with van der Waals surface area (Å²) in [7, 11) is 1.54. The standard InChI is InChI=1S/C17H19FN6O2/c1-3-4-9-24-13-14(23(2)17(26)21-15(13)25)20-16(24)22-19-10-11-5-7-12(18)8-6-11/h5-8,10H,3-4,9H2,1-2H3,(H,20,22)(H,21,25,26)/b19-10+. The lowest BCUT2D eigenvalue weighted by Crippen LogP contribution is -2.29. The van der Waals surface area contributed by atoms with Crippen molar-refractivity contribution in [2.45, 2.75) is 26.3 Å². The van der Waals surface area contributed by atoms with Crippen molar-refractivity contribution in [3.05, 3.63) is 56.5 Å². The number of fused-ring (bicyclic) bond motifs is 1. The molecular weight excluding hydrogens is 339 g/mol. The van der Waals surface area contributed by atoms with Crippen LogP contribution in [0.3, 0.4) is 0 Å². The third-order valence-electron chi connectivity index (χ3n) is 3.99. The fraction of sp³-hybridized carbons (Fsp3) is 0.294. The molecule has 0 unspecified atom stereocenters. The normalized spacial score (nSPS) is 11.5. The minimum atomic E-state index is -0.524. The number of nitrogens with one attached hydrogen (secondary N) is 2. The van der Waals surface area contributed by atoms with E-state index in [-0.39, 0.29) is 11.5 Å². The SMILES string of the molecule is CCCCn1c(N/N=C/c2ccc(F)cc2)nc2c1c(=O)[nH]c(=O)n2C. The maximum absolute atomic E-state index is 12.9. The summed E-state index contributed by atoms with van der Waals surface area (Å²) in [6, 6.07) is 5.87. The van der Waals surface area contributed by atoms with Crippen LogP contribution >= 0.6 is 0 Å². The zero-order chi connectivity index (χ0) is 18.7. The third kappa shape index (κ3) is 3.41. The smallest absolute Gasteiger partial charge is 0.303 e. The van der Waals surface area contributed by atoms with E-state index < -0.39 is 11.2 Å². The monoisotopic (exact) mass is 358 g/mol. The van der Waals surface area contributed by atoms with E-state index in [0.29, 0.717) is 23.6 Å². The highest BCUT2D eigenvalue weighted by Gasteiger charge is 2.16. The summed E-state index contributed by atoms with van der Waals surface area (Å²) in [6.45, 7) is 2.60. The Bertz CT molecular complexity index is 1060. The van der Waals surface area contributed by atoms with Gasteiger partial charge in [0.15, 0.2) is 11.2 Å². The summed E-state index contributed by atoms with van der Waals surface area (Å²) in [5, 5.41) is 4.11. The Balaban J connectivity index is 1.99. The van der Waals surface area contributed by atoms with E-state index in [4.69, 9.17) is 0 Å².